The van der Waals surface area contributed by atoms with E-state index in [1.807, 2.05) is 127 Å². The number of anilines is 3. The molecule has 0 atom stereocenters. The number of fused-ring (bicyclic) bond motifs is 5. The van der Waals surface area contributed by atoms with Crippen molar-refractivity contribution in [2.24, 2.45) is 0 Å². The standard InChI is InChI=1S/C50H33NO/c1-2-14-35(15-3-1)42-21-8-10-25-46(42)51(39-30-28-36(29-31-39)41-23-12-19-34-16-6-7-20-40(34)41)47-26-11-9-22-43(47)44-24-13-27-48-50(44)45-32-37-17-4-5-18-38(37)33-49(45)52-48/h1-33H/i6D,7D,12D,16D,19D,20D,23D,28D,29D,30D,31D. The third-order valence-corrected chi connectivity index (χ3v) is 9.43. The van der Waals surface area contributed by atoms with Gasteiger partial charge in [0.25, 0.3) is 0 Å². The summed E-state index contributed by atoms with van der Waals surface area (Å²) in [4.78, 5) is 1.72. The molecule has 1 heterocycles. The van der Waals surface area contributed by atoms with Crippen molar-refractivity contribution in [3.8, 4) is 33.4 Å². The first-order valence-electron chi connectivity index (χ1n) is 22.4. The molecule has 10 rings (SSSR count). The maximum atomic E-state index is 9.80. The summed E-state index contributed by atoms with van der Waals surface area (Å²) in [6, 6.07) is 35.9. The molecule has 0 fully saturated rings. The lowest BCUT2D eigenvalue weighted by molar-refractivity contribution is 0.669. The summed E-state index contributed by atoms with van der Waals surface area (Å²) in [7, 11) is 0. The molecule has 2 heteroatoms. The van der Waals surface area contributed by atoms with Crippen molar-refractivity contribution in [2.45, 2.75) is 0 Å². The summed E-state index contributed by atoms with van der Waals surface area (Å²) < 4.78 is 106. The Morgan fingerprint density at radius 2 is 1.06 bits per heavy atom. The number of benzene rings is 9. The Kier molecular flexibility index (Phi) is 4.96. The lowest BCUT2D eigenvalue weighted by Crippen LogP contribution is -2.12. The average molecular weight is 675 g/mol. The van der Waals surface area contributed by atoms with Gasteiger partial charge in [-0.3, -0.25) is 0 Å². The number of nitrogens with zero attached hydrogens (tertiary/aromatic N) is 1. The number of rotatable bonds is 6. The average Bonchev–Trinajstić information content (AvgIpc) is 3.68. The van der Waals surface area contributed by atoms with E-state index in [0.717, 1.165) is 38.2 Å². The Labute approximate surface area is 317 Å². The van der Waals surface area contributed by atoms with E-state index in [1.54, 1.807) is 4.90 Å². The predicted octanol–water partition coefficient (Wildman–Crippen LogP) is 14.4. The molecule has 0 aliphatic carbocycles. The highest BCUT2D eigenvalue weighted by Gasteiger charge is 2.22. The third-order valence-electron chi connectivity index (χ3n) is 9.43. The summed E-state index contributed by atoms with van der Waals surface area (Å²) in [6.45, 7) is 0. The van der Waals surface area contributed by atoms with Gasteiger partial charge in [-0.05, 0) is 86.2 Å². The minimum atomic E-state index is -0.676. The van der Waals surface area contributed by atoms with Crippen LogP contribution in [0.3, 0.4) is 0 Å². The molecule has 0 spiro atoms. The second kappa shape index (κ2) is 12.5. The Morgan fingerprint density at radius 3 is 1.88 bits per heavy atom. The fraction of sp³-hybridized carbons (Fsp3) is 0. The molecule has 0 amide bonds. The van der Waals surface area contributed by atoms with E-state index in [0.29, 0.717) is 28.1 Å². The smallest absolute Gasteiger partial charge is 0.136 e. The van der Waals surface area contributed by atoms with Crippen LogP contribution in [0.5, 0.6) is 0 Å². The summed E-state index contributed by atoms with van der Waals surface area (Å²) in [6.07, 6.45) is 0. The molecule has 9 aromatic carbocycles. The molecule has 0 radical (unpaired) electrons. The number of hydrogen-bond acceptors (Lipinski definition) is 2. The van der Waals surface area contributed by atoms with Gasteiger partial charge in [0.15, 0.2) is 0 Å². The van der Waals surface area contributed by atoms with E-state index >= 15 is 0 Å². The molecule has 0 aliphatic heterocycles. The normalized spacial score (nSPS) is 14.4. The van der Waals surface area contributed by atoms with Gasteiger partial charge in [-0.15, -0.1) is 0 Å². The number of para-hydroxylation sites is 2. The van der Waals surface area contributed by atoms with Crippen molar-refractivity contribution in [2.75, 3.05) is 4.90 Å². The second-order valence-corrected chi connectivity index (χ2v) is 12.4. The molecule has 0 unspecified atom stereocenters. The monoisotopic (exact) mass is 674 g/mol. The van der Waals surface area contributed by atoms with Crippen LogP contribution in [0, 0.1) is 0 Å². The van der Waals surface area contributed by atoms with Gasteiger partial charge in [-0.1, -0.05) is 158 Å². The molecule has 244 valence electrons. The molecular weight excluding hydrogens is 631 g/mol. The zero-order valence-electron chi connectivity index (χ0n) is 38.6. The minimum Gasteiger partial charge on any atom is -0.456 e. The number of hydrogen-bond donors (Lipinski definition) is 0. The maximum Gasteiger partial charge on any atom is 0.136 e. The van der Waals surface area contributed by atoms with Gasteiger partial charge >= 0.3 is 0 Å². The van der Waals surface area contributed by atoms with Crippen LogP contribution in [0.4, 0.5) is 17.1 Å². The van der Waals surface area contributed by atoms with Gasteiger partial charge in [0.1, 0.15) is 11.2 Å². The largest absolute Gasteiger partial charge is 0.456 e. The van der Waals surface area contributed by atoms with Crippen LogP contribution in [-0.4, -0.2) is 0 Å². The molecular formula is C50H33NO. The second-order valence-electron chi connectivity index (χ2n) is 12.4. The Bertz CT molecular complexity index is 3510. The summed E-state index contributed by atoms with van der Waals surface area (Å²) in [5.41, 5.74) is 4.53. The predicted molar refractivity (Wildman–Crippen MR) is 220 cm³/mol. The topological polar surface area (TPSA) is 16.4 Å². The van der Waals surface area contributed by atoms with Crippen LogP contribution < -0.4 is 4.90 Å². The van der Waals surface area contributed by atoms with Crippen LogP contribution in [-0.2, 0) is 0 Å². The van der Waals surface area contributed by atoms with E-state index in [4.69, 9.17) is 14.0 Å². The molecule has 2 nitrogen and oxygen atoms in total. The maximum absolute atomic E-state index is 9.80. The lowest BCUT2D eigenvalue weighted by atomic mass is 9.95. The van der Waals surface area contributed by atoms with Crippen LogP contribution in [0.15, 0.2) is 204 Å². The van der Waals surface area contributed by atoms with E-state index in [2.05, 4.69) is 6.07 Å². The van der Waals surface area contributed by atoms with Gasteiger partial charge in [-0.25, -0.2) is 0 Å². The highest BCUT2D eigenvalue weighted by molar-refractivity contribution is 6.16. The Hall–Kier alpha value is -6.90. The van der Waals surface area contributed by atoms with Crippen LogP contribution in [0.1, 0.15) is 15.1 Å². The highest BCUT2D eigenvalue weighted by Crippen LogP contribution is 2.47. The van der Waals surface area contributed by atoms with Crippen LogP contribution >= 0.6 is 0 Å². The Morgan fingerprint density at radius 1 is 0.404 bits per heavy atom. The fourth-order valence-electron chi connectivity index (χ4n) is 7.08. The van der Waals surface area contributed by atoms with E-state index in [1.165, 1.54) is 0 Å². The molecule has 10 aromatic rings. The summed E-state index contributed by atoms with van der Waals surface area (Å²) in [5, 5.41) is 3.13. The van der Waals surface area contributed by atoms with Gasteiger partial charge < -0.3 is 9.32 Å². The fourth-order valence-corrected chi connectivity index (χ4v) is 7.08. The van der Waals surface area contributed by atoms with E-state index in [9.17, 15) is 5.48 Å². The molecule has 0 saturated heterocycles. The molecule has 1 aromatic heterocycles. The SMILES string of the molecule is [2H]c1c([2H])c(N(c2ccccc2-c2ccccc2)c2ccccc2-c2cccc3oc4cc5ccccc5cc4c23)c([2H])c([2H])c1-c1c([2H])c([2H])c([2H])c2c([2H])c([2H])c([2H])c([2H])c12. The third kappa shape index (κ3) is 5.04. The quantitative estimate of drug-likeness (QED) is 0.175. The van der Waals surface area contributed by atoms with Gasteiger partial charge in [0.05, 0.1) is 26.5 Å². The summed E-state index contributed by atoms with van der Waals surface area (Å²) >= 11 is 0. The van der Waals surface area contributed by atoms with Crippen LogP contribution in [0.25, 0.3) is 76.9 Å². The zero-order valence-corrected chi connectivity index (χ0v) is 27.6. The zero-order chi connectivity index (χ0) is 44.0. The van der Waals surface area contributed by atoms with Gasteiger partial charge in [0.2, 0.25) is 0 Å². The van der Waals surface area contributed by atoms with E-state index < -0.39 is 72.0 Å². The highest BCUT2D eigenvalue weighted by atomic mass is 16.3. The minimum absolute atomic E-state index is 0.124. The molecule has 0 saturated carbocycles. The molecule has 52 heavy (non-hydrogen) atoms. The molecule has 0 aliphatic rings. The first-order valence-corrected chi connectivity index (χ1v) is 16.9. The van der Waals surface area contributed by atoms with Crippen molar-refractivity contribution in [1.29, 1.82) is 0 Å². The van der Waals surface area contributed by atoms with Crippen molar-refractivity contribution < 1.29 is 19.5 Å². The van der Waals surface area contributed by atoms with Crippen molar-refractivity contribution in [3.05, 3.63) is 200 Å². The van der Waals surface area contributed by atoms with Crippen LogP contribution in [0.2, 0.25) is 0 Å². The molecule has 0 bridgehead atoms. The first kappa shape index (κ1) is 20.7. The molecule has 0 N–H and O–H groups in total. The van der Waals surface area contributed by atoms with Crippen molar-refractivity contribution >= 4 is 60.5 Å². The summed E-state index contributed by atoms with van der Waals surface area (Å²) in [5.74, 6) is 0. The van der Waals surface area contributed by atoms with Gasteiger partial charge in [0, 0.05) is 27.6 Å². The first-order chi connectivity index (χ1) is 30.4. The van der Waals surface area contributed by atoms with Gasteiger partial charge in [-0.2, -0.15) is 0 Å². The van der Waals surface area contributed by atoms with Crippen molar-refractivity contribution in [3.63, 3.8) is 0 Å². The lowest BCUT2D eigenvalue weighted by Gasteiger charge is -2.30. The van der Waals surface area contributed by atoms with E-state index in [-0.39, 0.29) is 22.0 Å². The van der Waals surface area contributed by atoms with Crippen molar-refractivity contribution in [1.82, 2.24) is 0 Å². The number of furan rings is 1. The Balaban J connectivity index is 1.30.